The fraction of sp³-hybridized carbons (Fsp3) is 0.409. The smallest absolute Gasteiger partial charge is 0.378 e. The van der Waals surface area contributed by atoms with Gasteiger partial charge in [0, 0.05) is 46.3 Å². The average molecular weight is 542 g/mol. The van der Waals surface area contributed by atoms with Crippen molar-refractivity contribution in [1.29, 1.82) is 0 Å². The molecule has 5 atom stereocenters. The molecule has 0 spiro atoms. The summed E-state index contributed by atoms with van der Waals surface area (Å²) in [5.74, 6) is -5.12. The number of ketones is 1. The van der Waals surface area contributed by atoms with E-state index in [2.05, 4.69) is 19.8 Å². The number of hydrogen-bond donors (Lipinski definition) is 0. The first kappa shape index (κ1) is 25.2. The van der Waals surface area contributed by atoms with Crippen molar-refractivity contribution in [2.75, 3.05) is 5.75 Å². The molecule has 0 N–H and O–H groups in total. The molecular weight excluding hydrogens is 523 g/mol. The molecule has 0 unspecified atom stereocenters. The highest BCUT2D eigenvalue weighted by molar-refractivity contribution is 7.85. The van der Waals surface area contributed by atoms with Crippen molar-refractivity contribution in [3.63, 3.8) is 0 Å². The number of pyridine rings is 1. The number of thiazole rings is 1. The summed E-state index contributed by atoms with van der Waals surface area (Å²) in [6.07, 6.45) is 2.62. The van der Waals surface area contributed by atoms with Crippen molar-refractivity contribution in [2.45, 2.75) is 37.5 Å². The van der Waals surface area contributed by atoms with Gasteiger partial charge in [-0.05, 0) is 13.0 Å². The maximum absolute atomic E-state index is 13.3. The van der Waals surface area contributed by atoms with Crippen LogP contribution in [-0.2, 0) is 50.8 Å². The Balaban J connectivity index is 1.38. The number of aryl methyl sites for hydroxylation is 1. The summed E-state index contributed by atoms with van der Waals surface area (Å²) in [6, 6.07) is 3.51. The average Bonchev–Trinajstić information content (AvgIpc) is 3.46. The highest BCUT2D eigenvalue weighted by Gasteiger charge is 2.73. The molecule has 5 heterocycles. The van der Waals surface area contributed by atoms with E-state index in [9.17, 15) is 23.4 Å². The third kappa shape index (κ3) is 4.25. The van der Waals surface area contributed by atoms with E-state index in [1.165, 1.54) is 11.3 Å². The third-order valence-corrected chi connectivity index (χ3v) is 9.00. The molecule has 37 heavy (non-hydrogen) atoms. The van der Waals surface area contributed by atoms with Crippen molar-refractivity contribution in [3.8, 4) is 0 Å². The van der Waals surface area contributed by atoms with Crippen molar-refractivity contribution in [2.24, 2.45) is 17.0 Å². The number of aromatic nitrogens is 2. The zero-order valence-corrected chi connectivity index (χ0v) is 21.0. The van der Waals surface area contributed by atoms with Gasteiger partial charge in [0.25, 0.3) is 5.72 Å². The minimum Gasteiger partial charge on any atom is -0.539 e. The molecule has 3 saturated heterocycles. The summed E-state index contributed by atoms with van der Waals surface area (Å²) in [6.45, 7) is 1.81. The van der Waals surface area contributed by atoms with Gasteiger partial charge in [0.15, 0.2) is 11.5 Å². The van der Waals surface area contributed by atoms with Crippen LogP contribution in [0.5, 0.6) is 0 Å². The predicted octanol–water partition coefficient (Wildman–Crippen LogP) is 0.160. The summed E-state index contributed by atoms with van der Waals surface area (Å²) < 4.78 is 22.7. The normalized spacial score (nSPS) is 28.6. The minimum atomic E-state index is -2.09. The Hall–Kier alpha value is -3.46. The molecule has 0 aromatic carbocycles. The summed E-state index contributed by atoms with van der Waals surface area (Å²) in [4.78, 5) is 65.8. The summed E-state index contributed by atoms with van der Waals surface area (Å²) >= 11 is 1.31. The van der Waals surface area contributed by atoms with Crippen LogP contribution in [0.4, 0.5) is 0 Å². The second-order valence-electron chi connectivity index (χ2n) is 8.68. The SMILES string of the molecule is [B]OC(=O)[C@]12OC(=O)C[C@H]1C[S@](=O)[C@@H]1[C@H](CC(=O)/C(=N\OCc3cccnc3)c3csc(C)n3)C(=O)N12. The predicted molar refractivity (Wildman–Crippen MR) is 128 cm³/mol. The van der Waals surface area contributed by atoms with Crippen LogP contribution in [0.2, 0.25) is 0 Å². The van der Waals surface area contributed by atoms with E-state index in [1.54, 1.807) is 36.8 Å². The number of esters is 1. The lowest BCUT2D eigenvalue weighted by molar-refractivity contribution is -0.218. The minimum absolute atomic E-state index is 0.0486. The van der Waals surface area contributed by atoms with Gasteiger partial charge in [-0.15, -0.1) is 11.3 Å². The number of rotatable bonds is 8. The molecule has 1 amide bonds. The van der Waals surface area contributed by atoms with E-state index in [1.807, 2.05) is 0 Å². The Labute approximate surface area is 218 Å². The Morgan fingerprint density at radius 2 is 2.22 bits per heavy atom. The number of oxime groups is 1. The molecule has 3 aliphatic heterocycles. The molecule has 5 rings (SSSR count). The van der Waals surface area contributed by atoms with Crippen LogP contribution in [-0.4, -0.2) is 73.3 Å². The van der Waals surface area contributed by atoms with Crippen LogP contribution in [0.1, 0.15) is 29.1 Å². The second kappa shape index (κ2) is 9.78. The summed E-state index contributed by atoms with van der Waals surface area (Å²) in [5, 5.41) is 5.29. The molecule has 0 aliphatic carbocycles. The largest absolute Gasteiger partial charge is 0.539 e. The van der Waals surface area contributed by atoms with Gasteiger partial charge in [0.2, 0.25) is 5.91 Å². The van der Waals surface area contributed by atoms with Crippen molar-refractivity contribution in [1.82, 2.24) is 14.9 Å². The zero-order chi connectivity index (χ0) is 26.3. The number of fused-ring (bicyclic) bond motifs is 3. The van der Waals surface area contributed by atoms with Gasteiger partial charge in [-0.2, -0.15) is 0 Å². The van der Waals surface area contributed by atoms with Crippen molar-refractivity contribution >= 4 is 59.5 Å². The molecule has 3 fully saturated rings. The highest BCUT2D eigenvalue weighted by Crippen LogP contribution is 2.50. The van der Waals surface area contributed by atoms with Gasteiger partial charge in [-0.1, -0.05) is 11.2 Å². The van der Waals surface area contributed by atoms with Gasteiger partial charge in [-0.25, -0.2) is 9.78 Å². The fourth-order valence-corrected chi connectivity index (χ4v) is 7.38. The van der Waals surface area contributed by atoms with Crippen LogP contribution in [0, 0.1) is 18.8 Å². The molecule has 2 radical (unpaired) electrons. The van der Waals surface area contributed by atoms with E-state index >= 15 is 0 Å². The molecule has 2 aromatic rings. The Kier molecular flexibility index (Phi) is 6.66. The van der Waals surface area contributed by atoms with E-state index in [-0.39, 0.29) is 36.6 Å². The van der Waals surface area contributed by atoms with E-state index < -0.39 is 57.4 Å². The van der Waals surface area contributed by atoms with Crippen LogP contribution >= 0.6 is 11.3 Å². The van der Waals surface area contributed by atoms with E-state index in [0.717, 1.165) is 10.5 Å². The first-order valence-electron chi connectivity index (χ1n) is 11.1. The molecule has 3 aliphatic rings. The molecule has 0 bridgehead atoms. The third-order valence-electron chi connectivity index (χ3n) is 6.42. The first-order valence-corrected chi connectivity index (χ1v) is 13.4. The topological polar surface area (TPSA) is 154 Å². The maximum Gasteiger partial charge on any atom is 0.378 e. The van der Waals surface area contributed by atoms with Crippen LogP contribution in [0.15, 0.2) is 35.1 Å². The molecule has 2 aromatic heterocycles. The number of nitrogens with zero attached hydrogens (tertiary/aromatic N) is 4. The Morgan fingerprint density at radius 1 is 1.41 bits per heavy atom. The van der Waals surface area contributed by atoms with E-state index in [4.69, 9.17) is 17.6 Å². The van der Waals surface area contributed by atoms with Gasteiger partial charge in [-0.3, -0.25) is 28.5 Å². The zero-order valence-electron chi connectivity index (χ0n) is 19.4. The van der Waals surface area contributed by atoms with Gasteiger partial charge in [0.1, 0.15) is 17.7 Å². The lowest BCUT2D eigenvalue weighted by Crippen LogP contribution is -2.78. The molecule has 190 valence electrons. The van der Waals surface area contributed by atoms with Crippen LogP contribution < -0.4 is 0 Å². The molecular formula is C22H19BN4O8S2. The fourth-order valence-electron chi connectivity index (χ4n) is 4.77. The number of carbonyl (C=O) groups is 4. The first-order chi connectivity index (χ1) is 17.8. The summed E-state index contributed by atoms with van der Waals surface area (Å²) in [5.41, 5.74) is -1.17. The lowest BCUT2D eigenvalue weighted by Gasteiger charge is -2.56. The lowest BCUT2D eigenvalue weighted by atomic mass is 9.84. The quantitative estimate of drug-likeness (QED) is 0.148. The van der Waals surface area contributed by atoms with Gasteiger partial charge >= 0.3 is 20.0 Å². The monoisotopic (exact) mass is 542 g/mol. The Morgan fingerprint density at radius 3 is 2.89 bits per heavy atom. The number of hydrogen-bond acceptors (Lipinski definition) is 12. The Bertz CT molecular complexity index is 1330. The van der Waals surface area contributed by atoms with Crippen molar-refractivity contribution < 1.29 is 37.6 Å². The maximum atomic E-state index is 13.3. The summed E-state index contributed by atoms with van der Waals surface area (Å²) in [7, 11) is 3.40. The molecule has 0 saturated carbocycles. The molecule has 12 nitrogen and oxygen atoms in total. The van der Waals surface area contributed by atoms with E-state index in [0.29, 0.717) is 5.01 Å². The molecule has 15 heteroatoms. The van der Waals surface area contributed by atoms with Gasteiger partial charge in [0.05, 0.1) is 23.3 Å². The second-order valence-corrected chi connectivity index (χ2v) is 11.3. The number of Topliss-reactive ketones (excluding diaryl/α,β-unsaturated/α-hetero) is 1. The van der Waals surface area contributed by atoms with Crippen molar-refractivity contribution in [3.05, 3.63) is 46.2 Å². The number of carbonyl (C=O) groups excluding carboxylic acids is 4. The number of ether oxygens (including phenoxy) is 1. The van der Waals surface area contributed by atoms with Crippen LogP contribution in [0.3, 0.4) is 0 Å². The standard InChI is InChI=1S/C22H19BN4O8S2/c1-11-25-15(9-36-11)18(26-33-8-12-3-2-4-24-7-12)16(28)6-14-19(30)27-20(14)37(32)10-13-5-17(29)34-22(13,27)21(31)35-23/h2-4,7,9,13-14,20H,5-6,8,10H2,1H3/b26-18-/t13-,14+,20+,22+,37-/m0/s1. The van der Waals surface area contributed by atoms with Gasteiger partial charge < -0.3 is 14.2 Å². The van der Waals surface area contributed by atoms with Crippen LogP contribution in [0.25, 0.3) is 0 Å². The number of β-lactam (4-membered cyclic amide) rings is 1. The number of amides is 1. The highest BCUT2D eigenvalue weighted by atomic mass is 32.2.